The summed E-state index contributed by atoms with van der Waals surface area (Å²) in [6, 6.07) is 9.51. The minimum atomic E-state index is -0.456. The van der Waals surface area contributed by atoms with Gasteiger partial charge in [-0.2, -0.15) is 10.3 Å². The molecule has 0 saturated heterocycles. The van der Waals surface area contributed by atoms with Gasteiger partial charge in [-0.1, -0.05) is 12.5 Å². The van der Waals surface area contributed by atoms with Gasteiger partial charge < -0.3 is 11.5 Å². The molecule has 0 atom stereocenters. The van der Waals surface area contributed by atoms with Gasteiger partial charge in [-0.25, -0.2) is 4.99 Å². The van der Waals surface area contributed by atoms with Gasteiger partial charge in [0.25, 0.3) is 0 Å². The lowest BCUT2D eigenvalue weighted by molar-refractivity contribution is 0.305. The third-order valence-electron chi connectivity index (χ3n) is 4.08. The average Bonchev–Trinajstić information content (AvgIpc) is 2.47. The van der Waals surface area contributed by atoms with Crippen LogP contribution in [-0.4, -0.2) is 17.6 Å². The highest BCUT2D eigenvalue weighted by atomic mass is 15.4. The van der Waals surface area contributed by atoms with Crippen molar-refractivity contribution < 1.29 is 0 Å². The predicted molar refractivity (Wildman–Crippen MR) is 82.7 cm³/mol. The van der Waals surface area contributed by atoms with Gasteiger partial charge in [0.2, 0.25) is 11.9 Å². The minimum Gasteiger partial charge on any atom is -0.369 e. The van der Waals surface area contributed by atoms with Gasteiger partial charge in [-0.3, -0.25) is 4.90 Å². The van der Waals surface area contributed by atoms with Crippen LogP contribution in [0.25, 0.3) is 0 Å². The van der Waals surface area contributed by atoms with Crippen LogP contribution >= 0.6 is 0 Å². The maximum absolute atomic E-state index is 9.09. The SMILES string of the molecule is N#Cc1cccc(N2C(N)=NC(N)=NC23CCCCC3)c1. The van der Waals surface area contributed by atoms with E-state index >= 15 is 0 Å². The Labute approximate surface area is 123 Å². The summed E-state index contributed by atoms with van der Waals surface area (Å²) < 4.78 is 0. The van der Waals surface area contributed by atoms with Crippen LogP contribution in [0.1, 0.15) is 37.7 Å². The fraction of sp³-hybridized carbons (Fsp3) is 0.400. The number of rotatable bonds is 1. The van der Waals surface area contributed by atoms with Crippen molar-refractivity contribution in [1.82, 2.24) is 0 Å². The first-order valence-corrected chi connectivity index (χ1v) is 7.14. The third kappa shape index (κ3) is 2.31. The van der Waals surface area contributed by atoms with Gasteiger partial charge in [-0.15, -0.1) is 0 Å². The Morgan fingerprint density at radius 2 is 1.95 bits per heavy atom. The van der Waals surface area contributed by atoms with Crippen LogP contribution in [0, 0.1) is 11.3 Å². The Balaban J connectivity index is 2.08. The first-order chi connectivity index (χ1) is 10.1. The lowest BCUT2D eigenvalue weighted by Crippen LogP contribution is -2.58. The molecule has 0 aromatic heterocycles. The van der Waals surface area contributed by atoms with E-state index in [0.29, 0.717) is 11.5 Å². The molecule has 0 radical (unpaired) electrons. The van der Waals surface area contributed by atoms with Gasteiger partial charge in [-0.05, 0) is 43.9 Å². The fourth-order valence-electron chi connectivity index (χ4n) is 3.21. The van der Waals surface area contributed by atoms with E-state index in [0.717, 1.165) is 31.4 Å². The zero-order valence-electron chi connectivity index (χ0n) is 11.8. The molecule has 1 aliphatic heterocycles. The first-order valence-electron chi connectivity index (χ1n) is 7.14. The largest absolute Gasteiger partial charge is 0.369 e. The number of nitrogens with two attached hydrogens (primary N) is 2. The summed E-state index contributed by atoms with van der Waals surface area (Å²) >= 11 is 0. The van der Waals surface area contributed by atoms with E-state index in [1.54, 1.807) is 6.07 Å². The van der Waals surface area contributed by atoms with Crippen LogP contribution < -0.4 is 16.4 Å². The molecule has 1 saturated carbocycles. The van der Waals surface area contributed by atoms with Crippen LogP contribution in [0.15, 0.2) is 34.3 Å². The molecule has 2 aliphatic rings. The molecule has 1 heterocycles. The van der Waals surface area contributed by atoms with E-state index in [-0.39, 0.29) is 5.96 Å². The van der Waals surface area contributed by atoms with Crippen LogP contribution in [0.5, 0.6) is 0 Å². The van der Waals surface area contributed by atoms with Crippen molar-refractivity contribution in [2.75, 3.05) is 4.90 Å². The van der Waals surface area contributed by atoms with Crippen molar-refractivity contribution in [1.29, 1.82) is 5.26 Å². The lowest BCUT2D eigenvalue weighted by Gasteiger charge is -2.45. The molecular formula is C15H18N6. The Hall–Kier alpha value is -2.55. The van der Waals surface area contributed by atoms with Gasteiger partial charge >= 0.3 is 0 Å². The van der Waals surface area contributed by atoms with Crippen molar-refractivity contribution in [3.05, 3.63) is 29.8 Å². The zero-order chi connectivity index (χ0) is 14.9. The minimum absolute atomic E-state index is 0.238. The second-order valence-electron chi connectivity index (χ2n) is 5.48. The van der Waals surface area contributed by atoms with E-state index in [9.17, 15) is 0 Å². The predicted octanol–water partition coefficient (Wildman–Crippen LogP) is 1.67. The fourth-order valence-corrected chi connectivity index (χ4v) is 3.21. The van der Waals surface area contributed by atoms with Crippen LogP contribution in [-0.2, 0) is 0 Å². The summed E-state index contributed by atoms with van der Waals surface area (Å²) in [5.74, 6) is 0.585. The monoisotopic (exact) mass is 282 g/mol. The van der Waals surface area contributed by atoms with Crippen molar-refractivity contribution in [3.8, 4) is 6.07 Å². The summed E-state index contributed by atoms with van der Waals surface area (Å²) in [4.78, 5) is 10.7. The molecule has 1 spiro atoms. The number of guanidine groups is 2. The number of benzene rings is 1. The van der Waals surface area contributed by atoms with E-state index in [4.69, 9.17) is 16.7 Å². The molecule has 1 aromatic carbocycles. The lowest BCUT2D eigenvalue weighted by atomic mass is 9.87. The third-order valence-corrected chi connectivity index (χ3v) is 4.08. The molecule has 1 fully saturated rings. The topological polar surface area (TPSA) is 104 Å². The molecule has 1 aromatic rings. The standard InChI is InChI=1S/C15H18N6/c16-10-11-5-4-6-12(9-11)21-14(18)19-13(17)20-15(21)7-2-1-3-8-15/h4-6,9H,1-3,7-8H2,(H4,17,18,19,20). The summed E-state index contributed by atoms with van der Waals surface area (Å²) in [5, 5.41) is 9.09. The van der Waals surface area contributed by atoms with E-state index < -0.39 is 5.66 Å². The van der Waals surface area contributed by atoms with E-state index in [1.165, 1.54) is 6.42 Å². The molecule has 1 aliphatic carbocycles. The summed E-state index contributed by atoms with van der Waals surface area (Å²) in [6.07, 6.45) is 5.14. The highest BCUT2D eigenvalue weighted by Crippen LogP contribution is 2.39. The molecule has 0 bridgehead atoms. The van der Waals surface area contributed by atoms with Gasteiger partial charge in [0.15, 0.2) is 0 Å². The molecule has 0 amide bonds. The zero-order valence-corrected chi connectivity index (χ0v) is 11.8. The van der Waals surface area contributed by atoms with Crippen molar-refractivity contribution >= 4 is 17.6 Å². The summed E-state index contributed by atoms with van der Waals surface area (Å²) in [7, 11) is 0. The average molecular weight is 282 g/mol. The second kappa shape index (κ2) is 5.09. The number of hydrogen-bond acceptors (Lipinski definition) is 6. The quantitative estimate of drug-likeness (QED) is 0.817. The maximum atomic E-state index is 9.09. The number of anilines is 1. The van der Waals surface area contributed by atoms with E-state index in [2.05, 4.69) is 16.1 Å². The number of nitriles is 1. The number of hydrogen-bond donors (Lipinski definition) is 2. The Bertz CT molecular complexity index is 648. The highest BCUT2D eigenvalue weighted by Gasteiger charge is 2.42. The van der Waals surface area contributed by atoms with Crippen LogP contribution in [0.4, 0.5) is 5.69 Å². The highest BCUT2D eigenvalue weighted by molar-refractivity contribution is 6.05. The number of nitrogens with zero attached hydrogens (tertiary/aromatic N) is 4. The molecule has 0 unspecified atom stereocenters. The second-order valence-corrected chi connectivity index (χ2v) is 5.48. The molecule has 6 heteroatoms. The first kappa shape index (κ1) is 13.4. The maximum Gasteiger partial charge on any atom is 0.220 e. The molecule has 21 heavy (non-hydrogen) atoms. The summed E-state index contributed by atoms with van der Waals surface area (Å²) in [6.45, 7) is 0. The molecule has 4 N–H and O–H groups in total. The molecular weight excluding hydrogens is 264 g/mol. The smallest absolute Gasteiger partial charge is 0.220 e. The van der Waals surface area contributed by atoms with Gasteiger partial charge in [0, 0.05) is 5.69 Å². The van der Waals surface area contributed by atoms with Crippen molar-refractivity contribution in [2.45, 2.75) is 37.8 Å². The van der Waals surface area contributed by atoms with Gasteiger partial charge in [0.05, 0.1) is 11.6 Å². The molecule has 3 rings (SSSR count). The number of aliphatic imine (C=N–C) groups is 2. The van der Waals surface area contributed by atoms with Crippen molar-refractivity contribution in [3.63, 3.8) is 0 Å². The Morgan fingerprint density at radius 1 is 1.19 bits per heavy atom. The van der Waals surface area contributed by atoms with Gasteiger partial charge in [0.1, 0.15) is 5.66 Å². The van der Waals surface area contributed by atoms with Crippen LogP contribution in [0.2, 0.25) is 0 Å². The molecule has 6 nitrogen and oxygen atoms in total. The normalized spacial score (nSPS) is 20.6. The van der Waals surface area contributed by atoms with Crippen molar-refractivity contribution in [2.24, 2.45) is 21.5 Å². The summed E-state index contributed by atoms with van der Waals surface area (Å²) in [5.41, 5.74) is 12.9. The van der Waals surface area contributed by atoms with Crippen LogP contribution in [0.3, 0.4) is 0 Å². The Morgan fingerprint density at radius 3 is 2.67 bits per heavy atom. The Kier molecular flexibility index (Phi) is 3.26. The molecule has 108 valence electrons. The van der Waals surface area contributed by atoms with E-state index in [1.807, 2.05) is 23.1 Å².